The number of amides is 1. The lowest BCUT2D eigenvalue weighted by Crippen LogP contribution is -2.31. The molecule has 4 nitrogen and oxygen atoms in total. The van der Waals surface area contributed by atoms with Crippen molar-refractivity contribution in [3.8, 4) is 0 Å². The zero-order chi connectivity index (χ0) is 17.5. The van der Waals surface area contributed by atoms with Crippen molar-refractivity contribution in [3.05, 3.63) is 59.0 Å². The van der Waals surface area contributed by atoms with Crippen LogP contribution >= 0.6 is 0 Å². The first-order valence-electron chi connectivity index (χ1n) is 7.48. The maximum absolute atomic E-state index is 12.9. The second kappa shape index (κ2) is 5.98. The molecule has 2 aromatic rings. The van der Waals surface area contributed by atoms with Crippen LogP contribution in [0.1, 0.15) is 39.9 Å². The van der Waals surface area contributed by atoms with Crippen molar-refractivity contribution in [2.24, 2.45) is 0 Å². The molecule has 0 bridgehead atoms. The Morgan fingerprint density at radius 3 is 2.67 bits per heavy atom. The number of benzene rings is 1. The summed E-state index contributed by atoms with van der Waals surface area (Å²) in [7, 11) is 0. The highest BCUT2D eigenvalue weighted by Gasteiger charge is 2.38. The zero-order valence-corrected chi connectivity index (χ0v) is 12.9. The van der Waals surface area contributed by atoms with E-state index < -0.39 is 29.8 Å². The molecule has 0 aliphatic carbocycles. The summed E-state index contributed by atoms with van der Waals surface area (Å²) in [5, 5.41) is 9.91. The second-order valence-corrected chi connectivity index (χ2v) is 5.90. The molecular formula is C17H16F3NO3. The maximum Gasteiger partial charge on any atom is 0.416 e. The summed E-state index contributed by atoms with van der Waals surface area (Å²) in [5.41, 5.74) is -0.430. The quantitative estimate of drug-likeness (QED) is 0.910. The van der Waals surface area contributed by atoms with Crippen LogP contribution in [-0.2, 0) is 6.18 Å². The number of aliphatic hydroxyl groups excluding tert-OH is 1. The standard InChI is InChI=1S/C17H16F3NO3/c1-10-5-6-15(24-10)16(23)21-9-13(22)8-14(21)11-3-2-4-12(7-11)17(18,19)20/h2-7,13-14,22H,8-9H2,1H3/t13-,14+/m1/s1. The molecule has 0 radical (unpaired) electrons. The van der Waals surface area contributed by atoms with E-state index in [9.17, 15) is 23.1 Å². The Balaban J connectivity index is 1.92. The van der Waals surface area contributed by atoms with E-state index >= 15 is 0 Å². The lowest BCUT2D eigenvalue weighted by molar-refractivity contribution is -0.137. The first kappa shape index (κ1) is 16.6. The Bertz CT molecular complexity index is 754. The van der Waals surface area contributed by atoms with Gasteiger partial charge in [0.1, 0.15) is 5.76 Å². The van der Waals surface area contributed by atoms with Crippen LogP contribution in [0.2, 0.25) is 0 Å². The molecule has 3 rings (SSSR count). The lowest BCUT2D eigenvalue weighted by Gasteiger charge is -2.24. The predicted octanol–water partition coefficient (Wildman–Crippen LogP) is 3.55. The number of hydrogen-bond donors (Lipinski definition) is 1. The van der Waals surface area contributed by atoms with E-state index in [1.54, 1.807) is 13.0 Å². The van der Waals surface area contributed by atoms with E-state index in [4.69, 9.17) is 4.42 Å². The van der Waals surface area contributed by atoms with Crippen molar-refractivity contribution < 1.29 is 27.5 Å². The van der Waals surface area contributed by atoms with Crippen molar-refractivity contribution in [2.75, 3.05) is 6.54 Å². The van der Waals surface area contributed by atoms with Gasteiger partial charge in [-0.2, -0.15) is 13.2 Å². The van der Waals surface area contributed by atoms with Crippen LogP contribution < -0.4 is 0 Å². The van der Waals surface area contributed by atoms with Gasteiger partial charge < -0.3 is 14.4 Å². The minimum absolute atomic E-state index is 0.0551. The number of alkyl halides is 3. The zero-order valence-electron chi connectivity index (χ0n) is 12.9. The Morgan fingerprint density at radius 2 is 2.04 bits per heavy atom. The molecule has 1 fully saturated rings. The summed E-state index contributed by atoms with van der Waals surface area (Å²) in [5.74, 6) is 0.231. The van der Waals surface area contributed by atoms with E-state index in [1.165, 1.54) is 23.1 Å². The molecule has 1 aliphatic rings. The number of β-amino-alcohol motifs (C(OH)–C–C–N with tert-alkyl or cyclic N) is 1. The van der Waals surface area contributed by atoms with E-state index in [-0.39, 0.29) is 18.7 Å². The first-order chi connectivity index (χ1) is 11.3. The number of hydrogen-bond acceptors (Lipinski definition) is 3. The Morgan fingerprint density at radius 1 is 1.29 bits per heavy atom. The number of halogens is 3. The topological polar surface area (TPSA) is 53.7 Å². The van der Waals surface area contributed by atoms with Crippen LogP contribution in [0.4, 0.5) is 13.2 Å². The van der Waals surface area contributed by atoms with Gasteiger partial charge in [0.25, 0.3) is 5.91 Å². The van der Waals surface area contributed by atoms with E-state index in [2.05, 4.69) is 0 Å². The van der Waals surface area contributed by atoms with Crippen molar-refractivity contribution in [1.29, 1.82) is 0 Å². The smallest absolute Gasteiger partial charge is 0.416 e. The molecule has 1 aromatic carbocycles. The number of carbonyl (C=O) groups excluding carboxylic acids is 1. The van der Waals surface area contributed by atoms with Crippen LogP contribution in [0.15, 0.2) is 40.8 Å². The van der Waals surface area contributed by atoms with Gasteiger partial charge in [-0.05, 0) is 43.2 Å². The van der Waals surface area contributed by atoms with Gasteiger partial charge in [0, 0.05) is 6.54 Å². The molecule has 0 spiro atoms. The maximum atomic E-state index is 12.9. The largest absolute Gasteiger partial charge is 0.456 e. The van der Waals surface area contributed by atoms with Crippen molar-refractivity contribution in [1.82, 2.24) is 4.90 Å². The fourth-order valence-corrected chi connectivity index (χ4v) is 2.97. The molecule has 2 heterocycles. The molecule has 1 N–H and O–H groups in total. The average Bonchev–Trinajstić information content (AvgIpc) is 3.12. The molecule has 1 amide bonds. The lowest BCUT2D eigenvalue weighted by atomic mass is 10.0. The average molecular weight is 339 g/mol. The van der Waals surface area contributed by atoms with Gasteiger partial charge in [-0.1, -0.05) is 12.1 Å². The van der Waals surface area contributed by atoms with E-state index in [1.807, 2.05) is 0 Å². The van der Waals surface area contributed by atoms with Gasteiger partial charge in [-0.15, -0.1) is 0 Å². The normalized spacial score (nSPS) is 21.3. The summed E-state index contributed by atoms with van der Waals surface area (Å²) in [4.78, 5) is 13.9. The monoisotopic (exact) mass is 339 g/mol. The molecule has 1 aromatic heterocycles. The van der Waals surface area contributed by atoms with Gasteiger partial charge in [-0.25, -0.2) is 0 Å². The SMILES string of the molecule is Cc1ccc(C(=O)N2C[C@H](O)C[C@H]2c2cccc(C(F)(F)F)c2)o1. The predicted molar refractivity (Wildman–Crippen MR) is 79.3 cm³/mol. The third-order valence-electron chi connectivity index (χ3n) is 4.09. The van der Waals surface area contributed by atoms with Crippen LogP contribution in [-0.4, -0.2) is 28.6 Å². The number of carbonyl (C=O) groups is 1. The van der Waals surface area contributed by atoms with Gasteiger partial charge in [0.05, 0.1) is 17.7 Å². The van der Waals surface area contributed by atoms with Gasteiger partial charge in [0.15, 0.2) is 5.76 Å². The summed E-state index contributed by atoms with van der Waals surface area (Å²) < 4.78 is 44.0. The molecule has 7 heteroatoms. The fraction of sp³-hybridized carbons (Fsp3) is 0.353. The summed E-state index contributed by atoms with van der Waals surface area (Å²) in [6.45, 7) is 1.75. The first-order valence-corrected chi connectivity index (χ1v) is 7.48. The third kappa shape index (κ3) is 3.17. The van der Waals surface area contributed by atoms with E-state index in [0.29, 0.717) is 11.3 Å². The van der Waals surface area contributed by atoms with Crippen molar-refractivity contribution in [3.63, 3.8) is 0 Å². The number of likely N-dealkylation sites (tertiary alicyclic amines) is 1. The molecule has 0 unspecified atom stereocenters. The third-order valence-corrected chi connectivity index (χ3v) is 4.09. The number of rotatable bonds is 2. The molecule has 128 valence electrons. The summed E-state index contributed by atoms with van der Waals surface area (Å²) >= 11 is 0. The molecule has 2 atom stereocenters. The highest BCUT2D eigenvalue weighted by molar-refractivity contribution is 5.92. The molecule has 1 saturated heterocycles. The van der Waals surface area contributed by atoms with Gasteiger partial charge in [0.2, 0.25) is 0 Å². The number of aliphatic hydroxyl groups is 1. The molecular weight excluding hydrogens is 323 g/mol. The number of furan rings is 1. The Hall–Kier alpha value is -2.28. The van der Waals surface area contributed by atoms with Crippen LogP contribution in [0, 0.1) is 6.92 Å². The van der Waals surface area contributed by atoms with Crippen molar-refractivity contribution in [2.45, 2.75) is 31.7 Å². The summed E-state index contributed by atoms with van der Waals surface area (Å²) in [6, 6.07) is 7.38. The Kier molecular flexibility index (Phi) is 4.13. The van der Waals surface area contributed by atoms with Gasteiger partial charge in [-0.3, -0.25) is 4.79 Å². The van der Waals surface area contributed by atoms with Crippen LogP contribution in [0.3, 0.4) is 0 Å². The minimum atomic E-state index is -4.46. The fourth-order valence-electron chi connectivity index (χ4n) is 2.97. The van der Waals surface area contributed by atoms with Gasteiger partial charge >= 0.3 is 6.18 Å². The highest BCUT2D eigenvalue weighted by Crippen LogP contribution is 2.37. The number of aryl methyl sites for hydroxylation is 1. The minimum Gasteiger partial charge on any atom is -0.456 e. The van der Waals surface area contributed by atoms with Crippen LogP contribution in [0.5, 0.6) is 0 Å². The molecule has 0 saturated carbocycles. The van der Waals surface area contributed by atoms with Crippen molar-refractivity contribution >= 4 is 5.91 Å². The summed E-state index contributed by atoms with van der Waals surface area (Å²) in [6.07, 6.45) is -5.06. The van der Waals surface area contributed by atoms with Crippen LogP contribution in [0.25, 0.3) is 0 Å². The van der Waals surface area contributed by atoms with E-state index in [0.717, 1.165) is 12.1 Å². The molecule has 1 aliphatic heterocycles. The molecule has 24 heavy (non-hydrogen) atoms. The highest BCUT2D eigenvalue weighted by atomic mass is 19.4. The second-order valence-electron chi connectivity index (χ2n) is 5.90. The Labute approximate surface area is 136 Å². The number of nitrogens with zero attached hydrogens (tertiary/aromatic N) is 1.